The van der Waals surface area contributed by atoms with Crippen LogP contribution in [-0.2, 0) is 31.3 Å². The SMILES string of the molecule is [B]C([B])([B])c1ccc(-c2c(C([B])([B])[B])ccc3c2Oc2ncccc2C(C)(C)C3(C)C)cc1-c1cc(-c2c(C([B])([B])[B])ccc3c2sc2nc4ccccc4n23)ccc1C([B])([B])[B]. The Hall–Kier alpha value is -4.48. The van der Waals surface area contributed by atoms with E-state index in [9.17, 15) is 0 Å². The smallest absolute Gasteiger partial charge is 0.223 e. The van der Waals surface area contributed by atoms with Crippen molar-refractivity contribution in [3.8, 4) is 45.0 Å². The van der Waals surface area contributed by atoms with Crippen LogP contribution in [0, 0.1) is 0 Å². The topological polar surface area (TPSA) is 39.4 Å². The lowest BCUT2D eigenvalue weighted by Gasteiger charge is -2.41. The van der Waals surface area contributed by atoms with E-state index in [-0.39, 0.29) is 0 Å². The number of pyridine rings is 1. The zero-order valence-corrected chi connectivity index (χ0v) is 36.2. The van der Waals surface area contributed by atoms with Crippen LogP contribution in [0.5, 0.6) is 11.6 Å². The Balaban J connectivity index is 1.36. The second-order valence-corrected chi connectivity index (χ2v) is 19.0. The van der Waals surface area contributed by atoms with Crippen LogP contribution >= 0.6 is 11.3 Å². The summed E-state index contributed by atoms with van der Waals surface area (Å²) >= 11 is 1.47. The van der Waals surface area contributed by atoms with Gasteiger partial charge in [-0.15, -0.1) is 20.5 Å². The van der Waals surface area contributed by atoms with Crippen molar-refractivity contribution in [1.29, 1.82) is 0 Å². The fourth-order valence-corrected chi connectivity index (χ4v) is 10.2. The van der Waals surface area contributed by atoms with Crippen molar-refractivity contribution in [2.45, 2.75) is 59.0 Å². The van der Waals surface area contributed by atoms with Gasteiger partial charge in [0.1, 0.15) is 5.75 Å². The van der Waals surface area contributed by atoms with Crippen molar-refractivity contribution in [2.24, 2.45) is 0 Å². The Morgan fingerprint density at radius 3 is 1.67 bits per heavy atom. The minimum atomic E-state index is -1.89. The number of thiazole rings is 1. The van der Waals surface area contributed by atoms with Gasteiger partial charge in [-0.25, -0.2) is 9.97 Å². The van der Waals surface area contributed by atoms with Crippen LogP contribution in [0.25, 0.3) is 59.6 Å². The van der Waals surface area contributed by atoms with Crippen LogP contribution < -0.4 is 4.74 Å². The van der Waals surface area contributed by atoms with Gasteiger partial charge >= 0.3 is 0 Å². The molecule has 24 radical (unpaired) electrons. The number of hydrogen-bond acceptors (Lipinski definition) is 4. The highest BCUT2D eigenvalue weighted by Crippen LogP contribution is 2.56. The van der Waals surface area contributed by atoms with Crippen molar-refractivity contribution < 1.29 is 4.74 Å². The molecule has 4 nitrogen and oxygen atoms in total. The van der Waals surface area contributed by atoms with E-state index >= 15 is 0 Å². The van der Waals surface area contributed by atoms with Gasteiger partial charge < -0.3 is 4.74 Å². The lowest BCUT2D eigenvalue weighted by atomic mass is 9.38. The molecule has 0 saturated carbocycles. The summed E-state index contributed by atoms with van der Waals surface area (Å²) in [6.45, 7) is 8.63. The third-order valence-corrected chi connectivity index (χ3v) is 14.0. The minimum Gasteiger partial charge on any atom is -0.438 e. The minimum absolute atomic E-state index is 0.316. The van der Waals surface area contributed by atoms with Gasteiger partial charge in [-0.2, -0.15) is 0 Å². The molecule has 4 heterocycles. The third kappa shape index (κ3) is 7.06. The van der Waals surface area contributed by atoms with Crippen molar-refractivity contribution in [1.82, 2.24) is 14.4 Å². The van der Waals surface area contributed by atoms with E-state index in [0.29, 0.717) is 67.3 Å². The van der Waals surface area contributed by atoms with E-state index in [1.54, 1.807) is 24.4 Å². The average molecular weight is 802 g/mol. The first kappa shape index (κ1) is 43.8. The Kier molecular flexibility index (Phi) is 10.1. The molecule has 0 unspecified atom stereocenters. The molecule has 0 atom stereocenters. The summed E-state index contributed by atoms with van der Waals surface area (Å²) in [5.41, 5.74) is 8.13. The number of para-hydroxylation sites is 2. The van der Waals surface area contributed by atoms with Gasteiger partial charge in [-0.05, 0) is 58.7 Å². The number of fused-ring (bicyclic) bond motifs is 7. The van der Waals surface area contributed by atoms with Crippen LogP contribution in [0.4, 0.5) is 0 Å². The van der Waals surface area contributed by atoms with Crippen molar-refractivity contribution in [3.05, 3.63) is 137 Å². The molecule has 17 heteroatoms. The summed E-state index contributed by atoms with van der Waals surface area (Å²) < 4.78 is 9.78. The highest BCUT2D eigenvalue weighted by atomic mass is 32.1. The normalized spacial score (nSPS) is 15.2. The van der Waals surface area contributed by atoms with Crippen molar-refractivity contribution in [3.63, 3.8) is 0 Å². The van der Waals surface area contributed by atoms with Crippen molar-refractivity contribution >= 4 is 132 Å². The number of aromatic nitrogens is 3. The molecular weight excluding hydrogens is 772 g/mol. The monoisotopic (exact) mass is 803 g/mol. The first-order chi connectivity index (χ1) is 29.3. The molecule has 0 amide bonds. The van der Waals surface area contributed by atoms with Gasteiger partial charge in [0, 0.05) is 39.3 Å². The first-order valence-corrected chi connectivity index (χ1v) is 21.0. The van der Waals surface area contributed by atoms with Crippen LogP contribution in [0.1, 0.15) is 61.1 Å². The quantitative estimate of drug-likeness (QED) is 0.188. The maximum absolute atomic E-state index is 6.87. The Morgan fingerprint density at radius 2 is 1.06 bits per heavy atom. The summed E-state index contributed by atoms with van der Waals surface area (Å²) in [7, 11) is 78.8. The molecule has 0 aliphatic carbocycles. The van der Waals surface area contributed by atoms with Gasteiger partial charge in [-0.1, -0.05) is 122 Å². The van der Waals surface area contributed by atoms with E-state index in [2.05, 4.69) is 37.1 Å². The average Bonchev–Trinajstić information content (AvgIpc) is 3.73. The molecule has 1 aliphatic heterocycles. The van der Waals surface area contributed by atoms with Gasteiger partial charge in [-0.3, -0.25) is 4.40 Å². The Morgan fingerprint density at radius 1 is 0.540 bits per heavy atom. The number of hydrogen-bond donors (Lipinski definition) is 0. The first-order valence-electron chi connectivity index (χ1n) is 20.2. The van der Waals surface area contributed by atoms with Gasteiger partial charge in [0.25, 0.3) is 0 Å². The molecule has 0 saturated heterocycles. The van der Waals surface area contributed by atoms with Crippen LogP contribution in [0.15, 0.2) is 103 Å². The number of nitrogens with zero attached hydrogens (tertiary/aromatic N) is 3. The second kappa shape index (κ2) is 14.5. The van der Waals surface area contributed by atoms with Gasteiger partial charge in [0.2, 0.25) is 5.88 Å². The molecule has 8 aromatic rings. The Labute approximate surface area is 389 Å². The maximum Gasteiger partial charge on any atom is 0.223 e. The van der Waals surface area contributed by atoms with Crippen LogP contribution in [0.3, 0.4) is 0 Å². The predicted molar refractivity (Wildman–Crippen MR) is 271 cm³/mol. The molecule has 0 spiro atoms. The fraction of sp³-hybridized carbons (Fsp3) is 0.217. The number of benzene rings is 5. The predicted octanol–water partition coefficient (Wildman–Crippen LogP) is 5.92. The van der Waals surface area contributed by atoms with E-state index in [1.165, 1.54) is 11.3 Å². The van der Waals surface area contributed by atoms with E-state index in [4.69, 9.17) is 104 Å². The second-order valence-electron chi connectivity index (χ2n) is 18.0. The fourth-order valence-electron chi connectivity index (χ4n) is 9.04. The standard InChI is InChI=1S/C46H29B12N3OS/c1-41(2)30-16-15-28(45(53,54)55)35(37(30)62-39-31(42(41,3)4)8-7-19-59-39)22-11-13-26(43(47,48)49)24(20-22)25-21-23(12-14-27(25)44(50,51)52)36-29(46(56,57)58)17-18-34-38(36)63-40-60-32-9-5-6-10-33(32)61(34)40/h5-21H,1-4H3. The summed E-state index contributed by atoms with van der Waals surface area (Å²) in [6, 6.07) is 30.1. The highest BCUT2D eigenvalue weighted by molar-refractivity contribution is 7.24. The molecule has 0 N–H and O–H groups in total. The number of rotatable bonds is 7. The zero-order valence-electron chi connectivity index (χ0n) is 35.4. The molecule has 9 rings (SSSR count). The van der Waals surface area contributed by atoms with E-state index < -0.39 is 31.3 Å². The maximum atomic E-state index is 6.87. The van der Waals surface area contributed by atoms with E-state index in [0.717, 1.165) is 37.3 Å². The third-order valence-electron chi connectivity index (χ3n) is 12.9. The zero-order chi connectivity index (χ0) is 45.4. The molecule has 0 fully saturated rings. The van der Waals surface area contributed by atoms with Gasteiger partial charge in [0.15, 0.2) is 4.96 Å². The molecule has 63 heavy (non-hydrogen) atoms. The number of ether oxygens (including phenoxy) is 1. The molecular formula is C46H29B12N3OS. The molecule has 276 valence electrons. The lowest BCUT2D eigenvalue weighted by Crippen LogP contribution is -2.40. The summed E-state index contributed by atoms with van der Waals surface area (Å²) in [6.07, 6.45) is 1.69. The van der Waals surface area contributed by atoms with Crippen molar-refractivity contribution in [2.75, 3.05) is 0 Å². The molecule has 5 aromatic carbocycles. The molecule has 1 aliphatic rings. The van der Waals surface area contributed by atoms with Gasteiger partial charge in [0.05, 0.1) is 115 Å². The van der Waals surface area contributed by atoms with E-state index in [1.807, 2.05) is 78.9 Å². The molecule has 0 bridgehead atoms. The lowest BCUT2D eigenvalue weighted by molar-refractivity contribution is 0.305. The summed E-state index contributed by atoms with van der Waals surface area (Å²) in [5.74, 6) is 0.888. The van der Waals surface area contributed by atoms with Crippen LogP contribution in [0.2, 0.25) is 0 Å². The summed E-state index contributed by atoms with van der Waals surface area (Å²) in [4.78, 5) is 10.4. The molecule has 3 aromatic heterocycles. The van der Waals surface area contributed by atoms with Crippen LogP contribution in [-0.4, -0.2) is 109 Å². The Bertz CT molecular complexity index is 3170. The highest BCUT2D eigenvalue weighted by Gasteiger charge is 2.47. The largest absolute Gasteiger partial charge is 0.438 e. The number of imidazole rings is 1. The summed E-state index contributed by atoms with van der Waals surface area (Å²) in [5, 5.41) is -7.38.